The van der Waals surface area contributed by atoms with Crippen molar-refractivity contribution in [3.8, 4) is 5.69 Å². The maximum atomic E-state index is 13.1. The van der Waals surface area contributed by atoms with Gasteiger partial charge in [-0.1, -0.05) is 11.6 Å². The Bertz CT molecular complexity index is 796. The summed E-state index contributed by atoms with van der Waals surface area (Å²) in [5.41, 5.74) is 1.90. The van der Waals surface area contributed by atoms with E-state index in [2.05, 4.69) is 5.10 Å². The molecule has 0 bridgehead atoms. The van der Waals surface area contributed by atoms with Crippen molar-refractivity contribution in [2.75, 3.05) is 13.2 Å². The Morgan fingerprint density at radius 3 is 2.88 bits per heavy atom. The monoisotopic (exact) mass is 378 g/mol. The van der Waals surface area contributed by atoms with Crippen LogP contribution in [0, 0.1) is 12.7 Å². The summed E-state index contributed by atoms with van der Waals surface area (Å²) in [5, 5.41) is 4.69. The van der Waals surface area contributed by atoms with Gasteiger partial charge in [0.15, 0.2) is 0 Å². The van der Waals surface area contributed by atoms with Gasteiger partial charge in [-0.25, -0.2) is 13.9 Å². The molecule has 7 heteroatoms. The van der Waals surface area contributed by atoms with Crippen LogP contribution in [0.5, 0.6) is 0 Å². The second-order valence-corrected chi connectivity index (χ2v) is 6.49. The van der Waals surface area contributed by atoms with Crippen LogP contribution in [0.1, 0.15) is 30.5 Å². The lowest BCUT2D eigenvalue weighted by Crippen LogP contribution is -2.25. The van der Waals surface area contributed by atoms with E-state index in [0.717, 1.165) is 25.9 Å². The van der Waals surface area contributed by atoms with Gasteiger partial charge in [0.25, 0.3) is 0 Å². The molecule has 2 heterocycles. The standard InChI is InChI=1S/C19H20ClFN2O3/c1-13-17(9-10-18(24)26-12-16-4-2-3-11-25-16)19(20)23(22-13)15-7-5-14(21)6-8-15/h5-10,16H,2-4,11-12H2,1H3/b10-9+. The molecule has 1 atom stereocenters. The first-order valence-electron chi connectivity index (χ1n) is 8.52. The minimum absolute atomic E-state index is 0.0207. The summed E-state index contributed by atoms with van der Waals surface area (Å²) < 4.78 is 25.3. The third kappa shape index (κ3) is 4.51. The van der Waals surface area contributed by atoms with Gasteiger partial charge in [-0.3, -0.25) is 0 Å². The Balaban J connectivity index is 1.66. The Morgan fingerprint density at radius 2 is 2.19 bits per heavy atom. The van der Waals surface area contributed by atoms with Crippen LogP contribution in [0.25, 0.3) is 11.8 Å². The van der Waals surface area contributed by atoms with E-state index in [1.165, 1.54) is 22.9 Å². The summed E-state index contributed by atoms with van der Waals surface area (Å²) >= 11 is 6.37. The molecule has 0 radical (unpaired) electrons. The van der Waals surface area contributed by atoms with Crippen molar-refractivity contribution in [3.63, 3.8) is 0 Å². The summed E-state index contributed by atoms with van der Waals surface area (Å²) in [6.45, 7) is 2.76. The van der Waals surface area contributed by atoms with E-state index >= 15 is 0 Å². The third-order valence-corrected chi connectivity index (χ3v) is 4.55. The van der Waals surface area contributed by atoms with Gasteiger partial charge in [-0.05, 0) is 56.5 Å². The molecule has 0 amide bonds. The minimum Gasteiger partial charge on any atom is -0.460 e. The van der Waals surface area contributed by atoms with Crippen molar-refractivity contribution < 1.29 is 18.7 Å². The number of aromatic nitrogens is 2. The largest absolute Gasteiger partial charge is 0.460 e. The highest BCUT2D eigenvalue weighted by Gasteiger charge is 2.16. The van der Waals surface area contributed by atoms with Crippen molar-refractivity contribution in [1.29, 1.82) is 0 Å². The highest BCUT2D eigenvalue weighted by atomic mass is 35.5. The SMILES string of the molecule is Cc1nn(-c2ccc(F)cc2)c(Cl)c1/C=C/C(=O)OCC1CCCCO1. The van der Waals surface area contributed by atoms with Crippen LogP contribution in [0.4, 0.5) is 4.39 Å². The Kier molecular flexibility index (Phi) is 6.06. The summed E-state index contributed by atoms with van der Waals surface area (Å²) in [6.07, 6.45) is 5.94. The van der Waals surface area contributed by atoms with Crippen LogP contribution in [-0.2, 0) is 14.3 Å². The zero-order chi connectivity index (χ0) is 18.5. The van der Waals surface area contributed by atoms with Crippen LogP contribution in [0.3, 0.4) is 0 Å². The fourth-order valence-electron chi connectivity index (χ4n) is 2.77. The topological polar surface area (TPSA) is 53.4 Å². The number of esters is 1. The average Bonchev–Trinajstić information content (AvgIpc) is 2.94. The predicted octanol–water partition coefficient (Wildman–Crippen LogP) is 4.10. The number of hydrogen-bond donors (Lipinski definition) is 0. The molecular weight excluding hydrogens is 359 g/mol. The van der Waals surface area contributed by atoms with Gasteiger partial charge in [0.2, 0.25) is 0 Å². The van der Waals surface area contributed by atoms with E-state index in [1.54, 1.807) is 25.1 Å². The summed E-state index contributed by atoms with van der Waals surface area (Å²) in [6, 6.07) is 5.84. The number of rotatable bonds is 5. The van der Waals surface area contributed by atoms with Gasteiger partial charge in [-0.15, -0.1) is 0 Å². The first kappa shape index (κ1) is 18.6. The molecule has 5 nitrogen and oxygen atoms in total. The molecule has 0 N–H and O–H groups in total. The number of ether oxygens (including phenoxy) is 2. The van der Waals surface area contributed by atoms with Crippen LogP contribution >= 0.6 is 11.6 Å². The molecule has 138 valence electrons. The first-order valence-corrected chi connectivity index (χ1v) is 8.90. The zero-order valence-corrected chi connectivity index (χ0v) is 15.2. The Morgan fingerprint density at radius 1 is 1.42 bits per heavy atom. The number of aryl methyl sites for hydroxylation is 1. The van der Waals surface area contributed by atoms with E-state index in [0.29, 0.717) is 22.1 Å². The lowest BCUT2D eigenvalue weighted by molar-refractivity contribution is -0.143. The van der Waals surface area contributed by atoms with Crippen molar-refractivity contribution in [2.24, 2.45) is 0 Å². The average molecular weight is 379 g/mol. The van der Waals surface area contributed by atoms with E-state index in [9.17, 15) is 9.18 Å². The van der Waals surface area contributed by atoms with Crippen molar-refractivity contribution >= 4 is 23.6 Å². The molecular formula is C19H20ClFN2O3. The number of halogens is 2. The number of hydrogen-bond acceptors (Lipinski definition) is 4. The molecule has 2 aromatic rings. The van der Waals surface area contributed by atoms with Crippen molar-refractivity contribution in [2.45, 2.75) is 32.3 Å². The van der Waals surface area contributed by atoms with E-state index in [-0.39, 0.29) is 18.5 Å². The van der Waals surface area contributed by atoms with Gasteiger partial charge >= 0.3 is 5.97 Å². The van der Waals surface area contributed by atoms with Gasteiger partial charge in [0.1, 0.15) is 17.6 Å². The second-order valence-electron chi connectivity index (χ2n) is 6.13. The second kappa shape index (κ2) is 8.47. The predicted molar refractivity (Wildman–Crippen MR) is 96.9 cm³/mol. The summed E-state index contributed by atoms with van der Waals surface area (Å²) in [4.78, 5) is 11.9. The Labute approximate surface area is 156 Å². The fraction of sp³-hybridized carbons (Fsp3) is 0.368. The summed E-state index contributed by atoms with van der Waals surface area (Å²) in [7, 11) is 0. The van der Waals surface area contributed by atoms with E-state index < -0.39 is 5.97 Å². The number of carbonyl (C=O) groups is 1. The molecule has 0 saturated carbocycles. The van der Waals surface area contributed by atoms with Gasteiger partial charge in [0.05, 0.1) is 17.5 Å². The zero-order valence-electron chi connectivity index (χ0n) is 14.5. The van der Waals surface area contributed by atoms with Crippen LogP contribution in [-0.4, -0.2) is 35.1 Å². The minimum atomic E-state index is -0.454. The molecule has 1 fully saturated rings. The molecule has 0 aliphatic carbocycles. The lowest BCUT2D eigenvalue weighted by Gasteiger charge is -2.21. The van der Waals surface area contributed by atoms with Crippen LogP contribution in [0.15, 0.2) is 30.3 Å². The van der Waals surface area contributed by atoms with Gasteiger partial charge in [0, 0.05) is 18.2 Å². The van der Waals surface area contributed by atoms with Crippen LogP contribution < -0.4 is 0 Å². The number of carbonyl (C=O) groups excluding carboxylic acids is 1. The highest BCUT2D eigenvalue weighted by molar-refractivity contribution is 6.31. The highest BCUT2D eigenvalue weighted by Crippen LogP contribution is 2.25. The number of nitrogens with zero attached hydrogens (tertiary/aromatic N) is 2. The molecule has 0 spiro atoms. The maximum absolute atomic E-state index is 13.1. The van der Waals surface area contributed by atoms with Crippen molar-refractivity contribution in [1.82, 2.24) is 9.78 Å². The molecule has 1 aliphatic rings. The molecule has 26 heavy (non-hydrogen) atoms. The molecule has 1 aromatic carbocycles. The normalized spacial score (nSPS) is 17.6. The van der Waals surface area contributed by atoms with E-state index in [1.807, 2.05) is 0 Å². The lowest BCUT2D eigenvalue weighted by atomic mass is 10.1. The summed E-state index contributed by atoms with van der Waals surface area (Å²) in [5.74, 6) is -0.789. The number of benzene rings is 1. The molecule has 1 unspecified atom stereocenters. The maximum Gasteiger partial charge on any atom is 0.330 e. The molecule has 1 saturated heterocycles. The van der Waals surface area contributed by atoms with E-state index in [4.69, 9.17) is 21.1 Å². The first-order chi connectivity index (χ1) is 12.5. The quantitative estimate of drug-likeness (QED) is 0.580. The van der Waals surface area contributed by atoms with Gasteiger partial charge < -0.3 is 9.47 Å². The Hall–Kier alpha value is -2.18. The molecule has 1 aliphatic heterocycles. The fourth-order valence-corrected chi connectivity index (χ4v) is 3.10. The molecule has 3 rings (SSSR count). The smallest absolute Gasteiger partial charge is 0.330 e. The molecule has 1 aromatic heterocycles. The third-order valence-electron chi connectivity index (χ3n) is 4.19. The van der Waals surface area contributed by atoms with Crippen LogP contribution in [0.2, 0.25) is 5.15 Å². The van der Waals surface area contributed by atoms with Gasteiger partial charge in [-0.2, -0.15) is 5.10 Å². The van der Waals surface area contributed by atoms with Crippen molar-refractivity contribution in [3.05, 3.63) is 52.6 Å².